The number of phenolic OH excluding ortho intramolecular Hbond substituents is 1. The summed E-state index contributed by atoms with van der Waals surface area (Å²) in [6, 6.07) is 2.23. The van der Waals surface area contributed by atoms with Crippen LogP contribution in [0.4, 0.5) is 23.7 Å². The zero-order valence-corrected chi connectivity index (χ0v) is 29.3. The van der Waals surface area contributed by atoms with Gasteiger partial charge in [0.1, 0.15) is 5.75 Å². The Bertz CT molecular complexity index is 1530. The van der Waals surface area contributed by atoms with Gasteiger partial charge in [0, 0.05) is 68.7 Å². The third kappa shape index (κ3) is 8.29. The molecule has 5 heterocycles. The van der Waals surface area contributed by atoms with E-state index in [2.05, 4.69) is 22.2 Å². The van der Waals surface area contributed by atoms with Crippen LogP contribution in [-0.2, 0) is 28.7 Å². The Balaban J connectivity index is 1.13. The molecule has 49 heavy (non-hydrogen) atoms. The predicted octanol–water partition coefficient (Wildman–Crippen LogP) is 5.34. The molecule has 2 N–H and O–H groups in total. The first kappa shape index (κ1) is 35.7. The summed E-state index contributed by atoms with van der Waals surface area (Å²) in [4.78, 5) is 50.7. The summed E-state index contributed by atoms with van der Waals surface area (Å²) < 4.78 is 41.2. The molecule has 268 valence electrons. The SMILES string of the molecule is CN1CCCN(C2CCN(C(=O)[C@H](CC(=O)N3CCC(N4Cc5cscc5NC4=O)CC3)Cc3cc(Cl)c(O)c(C(F)(F)F)c3)CC2)CC1. The minimum atomic E-state index is -4.84. The van der Waals surface area contributed by atoms with Crippen LogP contribution < -0.4 is 5.32 Å². The van der Waals surface area contributed by atoms with Crippen LogP contribution in [0.1, 0.15) is 55.2 Å². The van der Waals surface area contributed by atoms with E-state index in [1.165, 1.54) is 17.4 Å². The fourth-order valence-corrected chi connectivity index (χ4v) is 8.74. The zero-order chi connectivity index (χ0) is 34.9. The standard InChI is InChI=1S/C34H44ClF3N6O4S/c1-40-7-2-8-41(14-13-40)25-3-11-43(12-4-25)32(47)23(15-22-16-27(34(36,37)38)31(46)28(35)17-22)18-30(45)42-9-5-26(6-10-42)44-19-24-20-49-21-29(24)39-33(44)48/h16-17,20-21,23,25-26,46H,2-15,18-19H2,1H3,(H,39,48)/t23-/m0/s1. The molecule has 4 amide bonds. The molecule has 1 aromatic heterocycles. The number of aromatic hydroxyl groups is 1. The van der Waals surface area contributed by atoms with Gasteiger partial charge in [-0.15, -0.1) is 11.3 Å². The normalized spacial score (nSPS) is 21.3. The number of amides is 4. The third-order valence-electron chi connectivity index (χ3n) is 10.6. The summed E-state index contributed by atoms with van der Waals surface area (Å²) >= 11 is 7.56. The summed E-state index contributed by atoms with van der Waals surface area (Å²) in [6.07, 6.45) is -1.28. The summed E-state index contributed by atoms with van der Waals surface area (Å²) in [5.41, 5.74) is 0.767. The van der Waals surface area contributed by atoms with E-state index in [-0.39, 0.29) is 42.3 Å². The van der Waals surface area contributed by atoms with Gasteiger partial charge in [0.05, 0.1) is 28.7 Å². The number of phenols is 1. The number of rotatable bonds is 7. The molecular formula is C34H44ClF3N6O4S. The number of benzene rings is 1. The lowest BCUT2D eigenvalue weighted by Crippen LogP contribution is -2.52. The van der Waals surface area contributed by atoms with Crippen LogP contribution in [0.3, 0.4) is 0 Å². The minimum absolute atomic E-state index is 0.0413. The molecule has 6 rings (SSSR count). The van der Waals surface area contributed by atoms with Gasteiger partial charge < -0.3 is 30.0 Å². The number of hydrogen-bond acceptors (Lipinski definition) is 7. The largest absolute Gasteiger partial charge is 0.506 e. The van der Waals surface area contributed by atoms with Crippen molar-refractivity contribution >= 4 is 46.5 Å². The first-order valence-corrected chi connectivity index (χ1v) is 18.4. The third-order valence-corrected chi connectivity index (χ3v) is 11.7. The number of thiophene rings is 1. The fourth-order valence-electron chi connectivity index (χ4n) is 7.72. The van der Waals surface area contributed by atoms with Gasteiger partial charge in [-0.05, 0) is 81.7 Å². The Hall–Kier alpha value is -3.07. The van der Waals surface area contributed by atoms with Crippen molar-refractivity contribution in [2.45, 2.75) is 69.8 Å². The molecule has 2 aromatic rings. The van der Waals surface area contributed by atoms with Crippen molar-refractivity contribution in [3.05, 3.63) is 44.6 Å². The molecule has 0 saturated carbocycles. The van der Waals surface area contributed by atoms with E-state index in [4.69, 9.17) is 11.6 Å². The molecule has 3 saturated heterocycles. The van der Waals surface area contributed by atoms with Gasteiger partial charge in [0.15, 0.2) is 0 Å². The highest BCUT2D eigenvalue weighted by Crippen LogP contribution is 2.41. The van der Waals surface area contributed by atoms with Crippen molar-refractivity contribution in [3.8, 4) is 5.75 Å². The lowest BCUT2D eigenvalue weighted by molar-refractivity contribution is -0.143. The Kier molecular flexibility index (Phi) is 11.0. The van der Waals surface area contributed by atoms with Crippen molar-refractivity contribution in [1.29, 1.82) is 0 Å². The highest BCUT2D eigenvalue weighted by molar-refractivity contribution is 7.08. The maximum absolute atomic E-state index is 14.1. The number of likely N-dealkylation sites (tertiary alicyclic amines) is 2. The van der Waals surface area contributed by atoms with E-state index < -0.39 is 28.4 Å². The molecule has 1 aromatic carbocycles. The molecular weight excluding hydrogens is 681 g/mol. The molecule has 0 spiro atoms. The molecule has 10 nitrogen and oxygen atoms in total. The van der Waals surface area contributed by atoms with Crippen LogP contribution in [0.2, 0.25) is 5.02 Å². The van der Waals surface area contributed by atoms with Gasteiger partial charge >= 0.3 is 12.2 Å². The van der Waals surface area contributed by atoms with E-state index in [0.717, 1.165) is 62.8 Å². The zero-order valence-electron chi connectivity index (χ0n) is 27.7. The smallest absolute Gasteiger partial charge is 0.420 e. The average molecular weight is 725 g/mol. The van der Waals surface area contributed by atoms with E-state index in [1.807, 2.05) is 15.7 Å². The molecule has 4 aliphatic rings. The second kappa shape index (κ2) is 15.0. The second-order valence-corrected chi connectivity index (χ2v) is 15.0. The number of carbonyl (C=O) groups is 3. The van der Waals surface area contributed by atoms with E-state index in [1.54, 1.807) is 9.80 Å². The lowest BCUT2D eigenvalue weighted by Gasteiger charge is -2.41. The van der Waals surface area contributed by atoms with Crippen molar-refractivity contribution in [2.24, 2.45) is 5.92 Å². The average Bonchev–Trinajstić information content (AvgIpc) is 3.42. The maximum atomic E-state index is 14.1. The monoisotopic (exact) mass is 724 g/mol. The molecule has 3 fully saturated rings. The van der Waals surface area contributed by atoms with Crippen LogP contribution in [0.5, 0.6) is 5.75 Å². The number of piperidine rings is 2. The number of fused-ring (bicyclic) bond motifs is 1. The van der Waals surface area contributed by atoms with E-state index in [9.17, 15) is 32.7 Å². The molecule has 15 heteroatoms. The molecule has 0 aliphatic carbocycles. The van der Waals surface area contributed by atoms with Gasteiger partial charge in [0.2, 0.25) is 11.8 Å². The number of hydrogen-bond donors (Lipinski definition) is 2. The van der Waals surface area contributed by atoms with Gasteiger partial charge in [0.25, 0.3) is 0 Å². The Morgan fingerprint density at radius 2 is 1.67 bits per heavy atom. The predicted molar refractivity (Wildman–Crippen MR) is 182 cm³/mol. The van der Waals surface area contributed by atoms with Gasteiger partial charge in [-0.1, -0.05) is 11.6 Å². The molecule has 0 unspecified atom stereocenters. The highest BCUT2D eigenvalue weighted by atomic mass is 35.5. The van der Waals surface area contributed by atoms with Crippen molar-refractivity contribution in [2.75, 3.05) is 64.7 Å². The van der Waals surface area contributed by atoms with E-state index >= 15 is 0 Å². The number of halogens is 4. The number of likely N-dealkylation sites (N-methyl/N-ethyl adjacent to an activating group) is 1. The summed E-state index contributed by atoms with van der Waals surface area (Å²) in [5.74, 6) is -2.46. The molecule has 1 atom stereocenters. The Labute approximate surface area is 293 Å². The first-order chi connectivity index (χ1) is 23.4. The molecule has 0 bridgehead atoms. The van der Waals surface area contributed by atoms with Crippen molar-refractivity contribution in [3.63, 3.8) is 0 Å². The summed E-state index contributed by atoms with van der Waals surface area (Å²) in [5, 5.41) is 16.4. The lowest BCUT2D eigenvalue weighted by atomic mass is 9.91. The topological polar surface area (TPSA) is 99.7 Å². The second-order valence-electron chi connectivity index (χ2n) is 13.8. The van der Waals surface area contributed by atoms with Crippen LogP contribution in [-0.4, -0.2) is 119 Å². The van der Waals surface area contributed by atoms with Crippen LogP contribution >= 0.6 is 22.9 Å². The highest BCUT2D eigenvalue weighted by Gasteiger charge is 2.38. The molecule has 0 radical (unpaired) electrons. The van der Waals surface area contributed by atoms with E-state index in [0.29, 0.717) is 51.6 Å². The number of carbonyl (C=O) groups excluding carboxylic acids is 3. The summed E-state index contributed by atoms with van der Waals surface area (Å²) in [6.45, 7) is 6.40. The summed E-state index contributed by atoms with van der Waals surface area (Å²) in [7, 11) is 2.13. The number of urea groups is 1. The fraction of sp³-hybridized carbons (Fsp3) is 0.618. The first-order valence-electron chi connectivity index (χ1n) is 17.1. The van der Waals surface area contributed by atoms with Crippen molar-refractivity contribution in [1.82, 2.24) is 24.5 Å². The number of nitrogens with zero attached hydrogens (tertiary/aromatic N) is 5. The van der Waals surface area contributed by atoms with Crippen LogP contribution in [0.25, 0.3) is 0 Å². The van der Waals surface area contributed by atoms with Crippen LogP contribution in [0, 0.1) is 5.92 Å². The van der Waals surface area contributed by atoms with Gasteiger partial charge in [-0.25, -0.2) is 4.79 Å². The van der Waals surface area contributed by atoms with Gasteiger partial charge in [-0.3, -0.25) is 14.5 Å². The Morgan fingerprint density at radius 1 is 0.980 bits per heavy atom. The number of alkyl halides is 3. The Morgan fingerprint density at radius 3 is 2.39 bits per heavy atom. The van der Waals surface area contributed by atoms with Gasteiger partial charge in [-0.2, -0.15) is 13.2 Å². The quantitative estimate of drug-likeness (QED) is 0.400. The number of anilines is 1. The van der Waals surface area contributed by atoms with Crippen LogP contribution in [0.15, 0.2) is 22.9 Å². The minimum Gasteiger partial charge on any atom is -0.506 e. The number of nitrogens with one attached hydrogen (secondary N) is 1. The van der Waals surface area contributed by atoms with Crippen molar-refractivity contribution < 1.29 is 32.7 Å². The molecule has 4 aliphatic heterocycles. The maximum Gasteiger partial charge on any atom is 0.420 e.